The van der Waals surface area contributed by atoms with Crippen LogP contribution in [0.1, 0.15) is 37.2 Å². The zero-order chi connectivity index (χ0) is 15.6. The molecular formula is C15H18BrF2N3. The molecule has 2 aromatic rings. The first-order chi connectivity index (χ1) is 9.92. The summed E-state index contributed by atoms with van der Waals surface area (Å²) in [5, 5.41) is 7.53. The molecule has 1 unspecified atom stereocenters. The maximum Gasteiger partial charge on any atom is 0.126 e. The van der Waals surface area contributed by atoms with Crippen molar-refractivity contribution in [2.75, 3.05) is 7.05 Å². The van der Waals surface area contributed by atoms with Crippen LogP contribution >= 0.6 is 15.9 Å². The van der Waals surface area contributed by atoms with Gasteiger partial charge in [0.15, 0.2) is 0 Å². The minimum atomic E-state index is -0.559. The number of rotatable bonds is 5. The quantitative estimate of drug-likeness (QED) is 0.875. The highest BCUT2D eigenvalue weighted by Crippen LogP contribution is 2.28. The van der Waals surface area contributed by atoms with E-state index in [0.717, 1.165) is 16.2 Å². The summed E-state index contributed by atoms with van der Waals surface area (Å²) < 4.78 is 29.4. The van der Waals surface area contributed by atoms with Crippen molar-refractivity contribution in [1.29, 1.82) is 0 Å². The normalized spacial score (nSPS) is 12.9. The standard InChI is InChI=1S/C15H18BrF2N3/c1-9(2)21-15(13(16)8-20-21)14(19-3)6-10-4-11(17)7-12(18)5-10/h4-5,7-9,14,19H,6H2,1-3H3. The summed E-state index contributed by atoms with van der Waals surface area (Å²) >= 11 is 3.50. The van der Waals surface area contributed by atoms with E-state index < -0.39 is 11.6 Å². The van der Waals surface area contributed by atoms with Gasteiger partial charge >= 0.3 is 0 Å². The van der Waals surface area contributed by atoms with E-state index in [1.54, 1.807) is 6.20 Å². The number of benzene rings is 1. The summed E-state index contributed by atoms with van der Waals surface area (Å²) in [4.78, 5) is 0. The summed E-state index contributed by atoms with van der Waals surface area (Å²) in [6.07, 6.45) is 2.22. The van der Waals surface area contributed by atoms with Gasteiger partial charge in [-0.2, -0.15) is 5.10 Å². The predicted octanol–water partition coefficient (Wildman–Crippen LogP) is 4.01. The van der Waals surface area contributed by atoms with E-state index in [1.807, 2.05) is 25.6 Å². The second-order valence-corrected chi connectivity index (χ2v) is 6.09. The Morgan fingerprint density at radius 3 is 2.38 bits per heavy atom. The molecule has 0 saturated carbocycles. The molecule has 0 aliphatic carbocycles. The highest BCUT2D eigenvalue weighted by atomic mass is 79.9. The van der Waals surface area contributed by atoms with Gasteiger partial charge in [-0.25, -0.2) is 8.78 Å². The number of nitrogens with one attached hydrogen (secondary N) is 1. The number of halogens is 3. The highest BCUT2D eigenvalue weighted by molar-refractivity contribution is 9.10. The summed E-state index contributed by atoms with van der Waals surface area (Å²) in [5.74, 6) is -1.12. The van der Waals surface area contributed by atoms with Crippen molar-refractivity contribution in [1.82, 2.24) is 15.1 Å². The first kappa shape index (κ1) is 16.1. The molecule has 6 heteroatoms. The van der Waals surface area contributed by atoms with Gasteiger partial charge in [0.1, 0.15) is 11.6 Å². The van der Waals surface area contributed by atoms with Crippen LogP contribution in [0.15, 0.2) is 28.9 Å². The fourth-order valence-electron chi connectivity index (χ4n) is 2.39. The number of likely N-dealkylation sites (N-methyl/N-ethyl adjacent to an activating group) is 1. The van der Waals surface area contributed by atoms with Crippen molar-refractivity contribution in [2.24, 2.45) is 0 Å². The lowest BCUT2D eigenvalue weighted by molar-refractivity contribution is 0.457. The molecule has 0 aliphatic heterocycles. The summed E-state index contributed by atoms with van der Waals surface area (Å²) in [6.45, 7) is 4.08. The smallest absolute Gasteiger partial charge is 0.126 e. The average molecular weight is 358 g/mol. The van der Waals surface area contributed by atoms with Crippen molar-refractivity contribution in [3.8, 4) is 0 Å². The van der Waals surface area contributed by atoms with E-state index in [4.69, 9.17) is 0 Å². The van der Waals surface area contributed by atoms with Crippen LogP contribution in [0.4, 0.5) is 8.78 Å². The van der Waals surface area contributed by atoms with Crippen LogP contribution < -0.4 is 5.32 Å². The van der Waals surface area contributed by atoms with Crippen molar-refractivity contribution >= 4 is 15.9 Å². The van der Waals surface area contributed by atoms with Crippen LogP contribution in [0, 0.1) is 11.6 Å². The van der Waals surface area contributed by atoms with Crippen LogP contribution in [0.25, 0.3) is 0 Å². The Hall–Kier alpha value is -1.27. The first-order valence-electron chi connectivity index (χ1n) is 6.77. The van der Waals surface area contributed by atoms with Crippen molar-refractivity contribution in [3.05, 3.63) is 51.8 Å². The third kappa shape index (κ3) is 3.68. The molecule has 1 heterocycles. The molecule has 3 nitrogen and oxygen atoms in total. The minimum absolute atomic E-state index is 0.0922. The Labute approximate surface area is 131 Å². The molecule has 114 valence electrons. The van der Waals surface area contributed by atoms with Crippen molar-refractivity contribution < 1.29 is 8.78 Å². The lowest BCUT2D eigenvalue weighted by Gasteiger charge is -2.21. The molecule has 0 bridgehead atoms. The third-order valence-corrected chi connectivity index (χ3v) is 3.93. The van der Waals surface area contributed by atoms with Gasteiger partial charge in [-0.3, -0.25) is 4.68 Å². The van der Waals surface area contributed by atoms with E-state index in [2.05, 4.69) is 26.3 Å². The molecule has 0 radical (unpaired) electrons. The van der Waals surface area contributed by atoms with Gasteiger partial charge in [0.2, 0.25) is 0 Å². The van der Waals surface area contributed by atoms with E-state index in [-0.39, 0.29) is 12.1 Å². The van der Waals surface area contributed by atoms with E-state index >= 15 is 0 Å². The van der Waals surface area contributed by atoms with Crippen LogP contribution in [0.2, 0.25) is 0 Å². The Morgan fingerprint density at radius 1 is 1.24 bits per heavy atom. The average Bonchev–Trinajstić information content (AvgIpc) is 2.77. The van der Waals surface area contributed by atoms with Crippen LogP contribution in [0.5, 0.6) is 0 Å². The zero-order valence-electron chi connectivity index (χ0n) is 12.2. The van der Waals surface area contributed by atoms with Crippen LogP contribution in [0.3, 0.4) is 0 Å². The lowest BCUT2D eigenvalue weighted by Crippen LogP contribution is -2.24. The molecule has 0 saturated heterocycles. The minimum Gasteiger partial charge on any atom is -0.311 e. The Bertz CT molecular complexity index is 605. The van der Waals surface area contributed by atoms with E-state index in [9.17, 15) is 8.78 Å². The molecule has 2 rings (SSSR count). The molecule has 0 amide bonds. The Balaban J connectivity index is 2.34. The number of aromatic nitrogens is 2. The van der Waals surface area contributed by atoms with Gasteiger partial charge in [0.05, 0.1) is 22.4 Å². The molecule has 1 N–H and O–H groups in total. The number of hydrogen-bond donors (Lipinski definition) is 1. The van der Waals surface area contributed by atoms with Crippen LogP contribution in [-0.4, -0.2) is 16.8 Å². The predicted molar refractivity (Wildman–Crippen MR) is 82.2 cm³/mol. The molecular weight excluding hydrogens is 340 g/mol. The Morgan fingerprint density at radius 2 is 1.86 bits per heavy atom. The maximum absolute atomic E-state index is 13.3. The molecule has 1 atom stereocenters. The molecule has 1 aromatic heterocycles. The van der Waals surface area contributed by atoms with Gasteiger partial charge in [0, 0.05) is 12.1 Å². The summed E-state index contributed by atoms with van der Waals surface area (Å²) in [6, 6.07) is 3.71. The van der Waals surface area contributed by atoms with Gasteiger partial charge < -0.3 is 5.32 Å². The summed E-state index contributed by atoms with van der Waals surface area (Å²) in [7, 11) is 1.82. The fourth-order valence-corrected chi connectivity index (χ4v) is 2.94. The van der Waals surface area contributed by atoms with Gasteiger partial charge in [-0.15, -0.1) is 0 Å². The molecule has 0 aliphatic rings. The summed E-state index contributed by atoms with van der Waals surface area (Å²) in [5.41, 5.74) is 1.58. The van der Waals surface area contributed by atoms with Gasteiger partial charge in [-0.05, 0) is 60.9 Å². The zero-order valence-corrected chi connectivity index (χ0v) is 13.8. The maximum atomic E-state index is 13.3. The third-order valence-electron chi connectivity index (χ3n) is 3.32. The topological polar surface area (TPSA) is 29.9 Å². The Kier molecular flexibility index (Phi) is 5.11. The molecule has 0 fully saturated rings. The highest BCUT2D eigenvalue weighted by Gasteiger charge is 2.21. The van der Waals surface area contributed by atoms with E-state index in [1.165, 1.54) is 12.1 Å². The van der Waals surface area contributed by atoms with E-state index in [0.29, 0.717) is 12.0 Å². The molecule has 0 spiro atoms. The molecule has 1 aromatic carbocycles. The number of hydrogen-bond acceptors (Lipinski definition) is 2. The molecule has 21 heavy (non-hydrogen) atoms. The van der Waals surface area contributed by atoms with Crippen LogP contribution in [-0.2, 0) is 6.42 Å². The first-order valence-corrected chi connectivity index (χ1v) is 7.56. The van der Waals surface area contributed by atoms with Gasteiger partial charge in [0.25, 0.3) is 0 Å². The monoisotopic (exact) mass is 357 g/mol. The van der Waals surface area contributed by atoms with Crippen molar-refractivity contribution in [2.45, 2.75) is 32.4 Å². The fraction of sp³-hybridized carbons (Fsp3) is 0.400. The van der Waals surface area contributed by atoms with Crippen molar-refractivity contribution in [3.63, 3.8) is 0 Å². The SMILES string of the molecule is CNC(Cc1cc(F)cc(F)c1)c1c(Br)cnn1C(C)C. The van der Waals surface area contributed by atoms with Gasteiger partial charge in [-0.1, -0.05) is 0 Å². The second kappa shape index (κ2) is 6.66. The largest absolute Gasteiger partial charge is 0.311 e. The lowest BCUT2D eigenvalue weighted by atomic mass is 10.0. The number of nitrogens with zero attached hydrogens (tertiary/aromatic N) is 2. The second-order valence-electron chi connectivity index (χ2n) is 5.24.